The summed E-state index contributed by atoms with van der Waals surface area (Å²) in [5.41, 5.74) is 2.88. The van der Waals surface area contributed by atoms with E-state index in [0.29, 0.717) is 16.9 Å². The molecule has 0 aromatic carbocycles. The number of nitrogens with one attached hydrogen (secondary N) is 1. The third-order valence-electron chi connectivity index (χ3n) is 3.26. The Morgan fingerprint density at radius 1 is 1.39 bits per heavy atom. The fourth-order valence-corrected chi connectivity index (χ4v) is 5.98. The Morgan fingerprint density at radius 2 is 2.06 bits per heavy atom. The number of sulfone groups is 1. The highest BCUT2D eigenvalue weighted by Gasteiger charge is 2.29. The van der Waals surface area contributed by atoms with Crippen LogP contribution in [0, 0.1) is 0 Å². The predicted molar refractivity (Wildman–Crippen MR) is 82.8 cm³/mol. The molecule has 108 valence electrons. The van der Waals surface area contributed by atoms with Gasteiger partial charge in [0.05, 0.1) is 5.75 Å². The normalized spacial score (nSPS) is 27.1. The lowest BCUT2D eigenvalue weighted by Crippen LogP contribution is -2.47. The first kappa shape index (κ1) is 16.6. The minimum absolute atomic E-state index is 0.213. The lowest BCUT2D eigenvalue weighted by molar-refractivity contribution is 0.467. The fourth-order valence-electron chi connectivity index (χ4n) is 2.10. The van der Waals surface area contributed by atoms with Gasteiger partial charge in [0.2, 0.25) is 0 Å². The molecule has 3 N–H and O–H groups in total. The van der Waals surface area contributed by atoms with Crippen LogP contribution in [0.5, 0.6) is 0 Å². The molecule has 0 bridgehead atoms. The number of nitrogens with two attached hydrogens (primary N) is 1. The van der Waals surface area contributed by atoms with Crippen LogP contribution >= 0.6 is 23.5 Å². The molecule has 1 heterocycles. The zero-order valence-electron chi connectivity index (χ0n) is 11.1. The van der Waals surface area contributed by atoms with Gasteiger partial charge in [-0.25, -0.2) is 8.42 Å². The van der Waals surface area contributed by atoms with Gasteiger partial charge in [0, 0.05) is 33.8 Å². The van der Waals surface area contributed by atoms with Gasteiger partial charge in [0.1, 0.15) is 9.84 Å². The molecule has 0 aliphatic carbocycles. The Labute approximate surface area is 119 Å². The van der Waals surface area contributed by atoms with Crippen molar-refractivity contribution in [3.8, 4) is 0 Å². The van der Waals surface area contributed by atoms with Crippen molar-refractivity contribution in [2.75, 3.05) is 23.0 Å². The van der Waals surface area contributed by atoms with Crippen molar-refractivity contribution in [1.82, 2.24) is 5.43 Å². The molecule has 7 heteroatoms. The maximum absolute atomic E-state index is 11.4. The standard InChI is InChI=1S/C11H24N2O2S3/c1-3-18(14,15)8-4-5-10(13-12)11-9(2)16-6-7-17-11/h9-11,13H,3-8,12H2,1-2H3. The number of hydrogen-bond donors (Lipinski definition) is 2. The highest BCUT2D eigenvalue weighted by molar-refractivity contribution is 8.07. The van der Waals surface area contributed by atoms with Crippen molar-refractivity contribution in [3.63, 3.8) is 0 Å². The Balaban J connectivity index is 2.42. The topological polar surface area (TPSA) is 72.2 Å². The molecule has 0 aromatic heterocycles. The summed E-state index contributed by atoms with van der Waals surface area (Å²) in [5, 5.41) is 1.06. The highest BCUT2D eigenvalue weighted by Crippen LogP contribution is 2.34. The molecular weight excluding hydrogens is 288 g/mol. The second-order valence-electron chi connectivity index (χ2n) is 4.56. The molecule has 0 radical (unpaired) electrons. The van der Waals surface area contributed by atoms with Gasteiger partial charge in [-0.05, 0) is 12.8 Å². The molecule has 18 heavy (non-hydrogen) atoms. The highest BCUT2D eigenvalue weighted by atomic mass is 32.2. The first-order chi connectivity index (χ1) is 8.50. The Hall–Kier alpha value is 0.570. The smallest absolute Gasteiger partial charge is 0.150 e. The minimum Gasteiger partial charge on any atom is -0.271 e. The average Bonchev–Trinajstić information content (AvgIpc) is 2.36. The van der Waals surface area contributed by atoms with Crippen LogP contribution in [-0.4, -0.2) is 48.0 Å². The van der Waals surface area contributed by atoms with Crippen LogP contribution in [0.3, 0.4) is 0 Å². The summed E-state index contributed by atoms with van der Waals surface area (Å²) in [6, 6.07) is 0.213. The summed E-state index contributed by atoms with van der Waals surface area (Å²) in [5.74, 6) is 8.49. The van der Waals surface area contributed by atoms with Crippen molar-refractivity contribution in [2.45, 2.75) is 43.2 Å². The van der Waals surface area contributed by atoms with E-state index in [1.165, 1.54) is 5.75 Å². The largest absolute Gasteiger partial charge is 0.271 e. The quantitative estimate of drug-likeness (QED) is 0.545. The van der Waals surface area contributed by atoms with Gasteiger partial charge in [-0.1, -0.05) is 13.8 Å². The van der Waals surface area contributed by atoms with Gasteiger partial charge in [-0.3, -0.25) is 11.3 Å². The molecule has 1 saturated heterocycles. The number of hydrazine groups is 1. The van der Waals surface area contributed by atoms with Crippen molar-refractivity contribution in [2.24, 2.45) is 5.84 Å². The van der Waals surface area contributed by atoms with Gasteiger partial charge >= 0.3 is 0 Å². The van der Waals surface area contributed by atoms with Crippen molar-refractivity contribution in [1.29, 1.82) is 0 Å². The summed E-state index contributed by atoms with van der Waals surface area (Å²) in [4.78, 5) is 0. The van der Waals surface area contributed by atoms with E-state index in [1.54, 1.807) is 6.92 Å². The summed E-state index contributed by atoms with van der Waals surface area (Å²) in [6.45, 7) is 3.93. The molecule has 0 saturated carbocycles. The third kappa shape index (κ3) is 5.28. The van der Waals surface area contributed by atoms with Gasteiger partial charge < -0.3 is 0 Å². The van der Waals surface area contributed by atoms with E-state index in [4.69, 9.17) is 5.84 Å². The van der Waals surface area contributed by atoms with Crippen molar-refractivity contribution in [3.05, 3.63) is 0 Å². The van der Waals surface area contributed by atoms with E-state index in [2.05, 4.69) is 12.3 Å². The Kier molecular flexibility index (Phi) is 7.38. The molecule has 1 aliphatic rings. The van der Waals surface area contributed by atoms with E-state index >= 15 is 0 Å². The number of hydrogen-bond acceptors (Lipinski definition) is 6. The van der Waals surface area contributed by atoms with Crippen LogP contribution in [0.15, 0.2) is 0 Å². The average molecular weight is 313 g/mol. The molecule has 4 nitrogen and oxygen atoms in total. The molecule has 0 aromatic rings. The summed E-state index contributed by atoms with van der Waals surface area (Å²) in [7, 11) is -2.85. The molecule has 0 amide bonds. The lowest BCUT2D eigenvalue weighted by Gasteiger charge is -2.34. The van der Waals surface area contributed by atoms with Gasteiger partial charge in [-0.15, -0.1) is 0 Å². The molecule has 3 atom stereocenters. The molecule has 1 aliphatic heterocycles. The SMILES string of the molecule is CCS(=O)(=O)CCCC(NN)C1SCCSC1C. The Morgan fingerprint density at radius 3 is 2.61 bits per heavy atom. The maximum Gasteiger partial charge on any atom is 0.150 e. The van der Waals surface area contributed by atoms with E-state index in [9.17, 15) is 8.42 Å². The summed E-state index contributed by atoms with van der Waals surface area (Å²) in [6.07, 6.45) is 1.53. The molecule has 1 rings (SSSR count). The first-order valence-corrected chi connectivity index (χ1v) is 10.3. The van der Waals surface area contributed by atoms with Crippen LogP contribution in [0.25, 0.3) is 0 Å². The van der Waals surface area contributed by atoms with E-state index in [1.807, 2.05) is 23.5 Å². The zero-order valence-corrected chi connectivity index (χ0v) is 13.5. The number of thioether (sulfide) groups is 2. The molecule has 0 spiro atoms. The summed E-state index contributed by atoms with van der Waals surface area (Å²) >= 11 is 3.93. The van der Waals surface area contributed by atoms with Crippen LogP contribution in [0.4, 0.5) is 0 Å². The Bertz CT molecular complexity index is 335. The molecular formula is C11H24N2O2S3. The third-order valence-corrected chi connectivity index (χ3v) is 8.30. The van der Waals surface area contributed by atoms with Crippen LogP contribution in [0.2, 0.25) is 0 Å². The van der Waals surface area contributed by atoms with Crippen molar-refractivity contribution >= 4 is 33.4 Å². The monoisotopic (exact) mass is 312 g/mol. The number of rotatable bonds is 7. The predicted octanol–water partition coefficient (Wildman–Crippen LogP) is 1.27. The second kappa shape index (κ2) is 7.99. The second-order valence-corrected chi connectivity index (χ2v) is 9.81. The van der Waals surface area contributed by atoms with Crippen LogP contribution in [0.1, 0.15) is 26.7 Å². The van der Waals surface area contributed by atoms with Gasteiger partial charge in [0.15, 0.2) is 0 Å². The van der Waals surface area contributed by atoms with Gasteiger partial charge in [-0.2, -0.15) is 23.5 Å². The fraction of sp³-hybridized carbons (Fsp3) is 1.00. The van der Waals surface area contributed by atoms with E-state index in [-0.39, 0.29) is 17.5 Å². The van der Waals surface area contributed by atoms with Crippen LogP contribution < -0.4 is 11.3 Å². The molecule has 1 fully saturated rings. The van der Waals surface area contributed by atoms with Gasteiger partial charge in [0.25, 0.3) is 0 Å². The van der Waals surface area contributed by atoms with Crippen molar-refractivity contribution < 1.29 is 8.42 Å². The zero-order chi connectivity index (χ0) is 13.6. The lowest BCUT2D eigenvalue weighted by atomic mass is 10.1. The summed E-state index contributed by atoms with van der Waals surface area (Å²) < 4.78 is 22.9. The maximum atomic E-state index is 11.4. The minimum atomic E-state index is -2.85. The molecule has 3 unspecified atom stereocenters. The van der Waals surface area contributed by atoms with Crippen LogP contribution in [-0.2, 0) is 9.84 Å². The van der Waals surface area contributed by atoms with E-state index < -0.39 is 9.84 Å². The first-order valence-electron chi connectivity index (χ1n) is 6.40. The van der Waals surface area contributed by atoms with E-state index in [0.717, 1.165) is 12.2 Å².